The Morgan fingerprint density at radius 1 is 0.722 bits per heavy atom. The predicted molar refractivity (Wildman–Crippen MR) is 143 cm³/mol. The Kier molecular flexibility index (Phi) is 7.41. The molecule has 204 valence electrons. The summed E-state index contributed by atoms with van der Waals surface area (Å²) in [6.07, 6.45) is 12.0. The molecule has 1 fully saturated rings. The summed E-state index contributed by atoms with van der Waals surface area (Å²) in [5.74, 6) is 0. The maximum Gasteiger partial charge on any atom is 0.526 e. The van der Waals surface area contributed by atoms with Crippen molar-refractivity contribution in [2.75, 3.05) is 0 Å². The first-order chi connectivity index (χ1) is 16.0. The Bertz CT molecular complexity index is 946. The lowest BCUT2D eigenvalue weighted by atomic mass is 9.48. The molecular weight excluding hydrogens is 475 g/mol. The molecule has 0 aromatic rings. The van der Waals surface area contributed by atoms with Crippen LogP contribution in [0.15, 0.2) is 47.6 Å². The van der Waals surface area contributed by atoms with Gasteiger partial charge in [0.15, 0.2) is 0 Å². The van der Waals surface area contributed by atoms with E-state index in [1.54, 1.807) is 0 Å². The Balaban J connectivity index is 2.40. The molecule has 1 N–H and O–H groups in total. The first-order valence-corrected chi connectivity index (χ1v) is 14.4. The van der Waals surface area contributed by atoms with E-state index in [-0.39, 0.29) is 21.7 Å². The zero-order chi connectivity index (χ0) is 27.6. The maximum atomic E-state index is 12.8. The highest BCUT2D eigenvalue weighted by Gasteiger charge is 2.60. The number of allylic oxidation sites excluding steroid dienone is 4. The van der Waals surface area contributed by atoms with Crippen molar-refractivity contribution < 1.29 is 28.6 Å². The second-order valence-corrected chi connectivity index (χ2v) is 16.1. The fourth-order valence-corrected chi connectivity index (χ4v) is 5.96. The minimum absolute atomic E-state index is 0.102. The topological polar surface area (TPSA) is 74.2 Å². The van der Waals surface area contributed by atoms with Gasteiger partial charge in [0.25, 0.3) is 0 Å². The molecule has 2 aliphatic carbocycles. The van der Waals surface area contributed by atoms with Crippen LogP contribution in [0.1, 0.15) is 89.5 Å². The zero-order valence-corrected chi connectivity index (χ0v) is 25.2. The molecule has 0 saturated carbocycles. The smallest absolute Gasteiger partial charge is 0.299 e. The van der Waals surface area contributed by atoms with Crippen LogP contribution in [0.4, 0.5) is 0 Å². The van der Waals surface area contributed by atoms with E-state index in [1.807, 2.05) is 24.3 Å². The summed E-state index contributed by atoms with van der Waals surface area (Å²) in [4.78, 5) is 21.9. The second-order valence-electron chi connectivity index (χ2n) is 14.8. The Morgan fingerprint density at radius 3 is 1.33 bits per heavy atom. The highest BCUT2D eigenvalue weighted by molar-refractivity contribution is 7.47. The molecule has 6 nitrogen and oxygen atoms in total. The van der Waals surface area contributed by atoms with E-state index in [0.717, 1.165) is 0 Å². The van der Waals surface area contributed by atoms with E-state index in [2.05, 4.69) is 95.2 Å². The lowest BCUT2D eigenvalue weighted by Crippen LogP contribution is -2.56. The van der Waals surface area contributed by atoms with Crippen LogP contribution >= 0.6 is 7.82 Å². The molecule has 1 saturated heterocycles. The van der Waals surface area contributed by atoms with Crippen LogP contribution in [0.3, 0.4) is 0 Å². The van der Waals surface area contributed by atoms with Crippen molar-refractivity contribution in [3.8, 4) is 0 Å². The number of phosphoric acid groups is 1. The molecule has 3 aliphatic rings. The van der Waals surface area contributed by atoms with Gasteiger partial charge in [0.1, 0.15) is 12.2 Å². The summed E-state index contributed by atoms with van der Waals surface area (Å²) in [6, 6.07) is 0. The van der Waals surface area contributed by atoms with Crippen LogP contribution < -0.4 is 0 Å². The molecule has 3 rings (SSSR count). The quantitative estimate of drug-likeness (QED) is 0.255. The van der Waals surface area contributed by atoms with Crippen LogP contribution in [0.25, 0.3) is 0 Å². The first-order valence-electron chi connectivity index (χ1n) is 12.9. The molecule has 36 heavy (non-hydrogen) atoms. The molecule has 1 aliphatic heterocycles. The predicted octanol–water partition coefficient (Wildman–Crippen LogP) is 8.27. The molecule has 4 atom stereocenters. The summed E-state index contributed by atoms with van der Waals surface area (Å²) >= 11 is 0. The molecule has 0 bridgehead atoms. The standard InChI is InChI=1S/C29H47O6P/c1-24(2,3)20-13-15-22-28(17-20,26(7,8)9)19-29(27(10,11)12)18-21(25(4,5)6)14-16-23(29)33-35-36(30,31)34-32-22/h13-18,22-23H,19H2,1-12H3,(H,30,31). The van der Waals surface area contributed by atoms with Gasteiger partial charge in [-0.1, -0.05) is 120 Å². The number of rotatable bonds is 0. The van der Waals surface area contributed by atoms with Crippen LogP contribution in [0.5, 0.6) is 0 Å². The first kappa shape index (κ1) is 29.5. The summed E-state index contributed by atoms with van der Waals surface area (Å²) in [7, 11) is -4.65. The minimum Gasteiger partial charge on any atom is -0.299 e. The fraction of sp³-hybridized carbons (Fsp3) is 0.724. The van der Waals surface area contributed by atoms with Gasteiger partial charge in [-0.2, -0.15) is 0 Å². The SMILES string of the molecule is CC(C)(C)C1=CC2(C(C)(C)C)CC3(C(C)(C)C)C=C(C(C)(C)C)C=CC3OOP(=O)(O)OOC2C=C1. The highest BCUT2D eigenvalue weighted by Crippen LogP contribution is 2.63. The van der Waals surface area contributed by atoms with Gasteiger partial charge in [-0.25, -0.2) is 14.3 Å². The van der Waals surface area contributed by atoms with E-state index >= 15 is 0 Å². The van der Waals surface area contributed by atoms with Crippen LogP contribution in [0.2, 0.25) is 0 Å². The van der Waals surface area contributed by atoms with E-state index in [9.17, 15) is 9.46 Å². The number of hydrogen-bond acceptors (Lipinski definition) is 5. The van der Waals surface area contributed by atoms with Gasteiger partial charge >= 0.3 is 7.82 Å². The Hall–Kier alpha value is -1.01. The van der Waals surface area contributed by atoms with E-state index in [0.29, 0.717) is 6.42 Å². The van der Waals surface area contributed by atoms with Crippen molar-refractivity contribution in [2.24, 2.45) is 32.5 Å². The normalized spacial score (nSPS) is 36.5. The minimum atomic E-state index is -4.65. The number of fused-ring (bicyclic) bond motifs is 2. The molecule has 7 heteroatoms. The Labute approximate surface area is 218 Å². The molecule has 0 aromatic heterocycles. The molecule has 0 spiro atoms. The number of hydrogen-bond donors (Lipinski definition) is 1. The van der Waals surface area contributed by atoms with E-state index in [4.69, 9.17) is 19.1 Å². The van der Waals surface area contributed by atoms with Gasteiger partial charge in [0, 0.05) is 10.8 Å². The average molecular weight is 523 g/mol. The third-order valence-corrected chi connectivity index (χ3v) is 8.88. The van der Waals surface area contributed by atoms with Gasteiger partial charge in [-0.3, -0.25) is 4.89 Å². The Morgan fingerprint density at radius 2 is 1.06 bits per heavy atom. The van der Waals surface area contributed by atoms with Crippen molar-refractivity contribution in [1.29, 1.82) is 0 Å². The van der Waals surface area contributed by atoms with Crippen LogP contribution in [-0.2, 0) is 23.7 Å². The van der Waals surface area contributed by atoms with Crippen molar-refractivity contribution >= 4 is 7.82 Å². The summed E-state index contributed by atoms with van der Waals surface area (Å²) in [5.41, 5.74) is 0.311. The van der Waals surface area contributed by atoms with Gasteiger partial charge in [-0.15, -0.1) is 9.35 Å². The largest absolute Gasteiger partial charge is 0.526 e. The lowest BCUT2D eigenvalue weighted by molar-refractivity contribution is -0.340. The monoisotopic (exact) mass is 522 g/mol. The average Bonchev–Trinajstić information content (AvgIpc) is 2.68. The van der Waals surface area contributed by atoms with E-state index in [1.165, 1.54) is 11.1 Å². The molecular formula is C29H47O6P. The zero-order valence-electron chi connectivity index (χ0n) is 24.3. The van der Waals surface area contributed by atoms with Crippen LogP contribution in [0, 0.1) is 32.5 Å². The van der Waals surface area contributed by atoms with Gasteiger partial charge in [-0.05, 0) is 39.2 Å². The maximum absolute atomic E-state index is 12.8. The molecule has 0 amide bonds. The van der Waals surface area contributed by atoms with Crippen molar-refractivity contribution in [3.63, 3.8) is 0 Å². The lowest BCUT2D eigenvalue weighted by Gasteiger charge is -2.58. The fourth-order valence-electron chi connectivity index (χ4n) is 5.53. The molecule has 0 aromatic carbocycles. The molecule has 4 unspecified atom stereocenters. The molecule has 0 radical (unpaired) electrons. The summed E-state index contributed by atoms with van der Waals surface area (Å²) in [6.45, 7) is 26.3. The third kappa shape index (κ3) is 5.41. The van der Waals surface area contributed by atoms with Gasteiger partial charge < -0.3 is 0 Å². The van der Waals surface area contributed by atoms with Gasteiger partial charge in [0.2, 0.25) is 0 Å². The summed E-state index contributed by atoms with van der Waals surface area (Å²) < 4.78 is 22.8. The van der Waals surface area contributed by atoms with Crippen molar-refractivity contribution in [2.45, 2.75) is 102 Å². The second kappa shape index (κ2) is 9.03. The van der Waals surface area contributed by atoms with Crippen LogP contribution in [-0.4, -0.2) is 17.1 Å². The van der Waals surface area contributed by atoms with Gasteiger partial charge in [0.05, 0.1) is 0 Å². The summed E-state index contributed by atoms with van der Waals surface area (Å²) in [5, 5.41) is 0. The van der Waals surface area contributed by atoms with E-state index < -0.39 is 30.9 Å². The third-order valence-electron chi connectivity index (χ3n) is 8.33. The molecule has 1 heterocycles. The highest BCUT2D eigenvalue weighted by atomic mass is 31.2. The van der Waals surface area contributed by atoms with Crippen molar-refractivity contribution in [3.05, 3.63) is 47.6 Å². The van der Waals surface area contributed by atoms with Crippen molar-refractivity contribution in [1.82, 2.24) is 0 Å².